The van der Waals surface area contributed by atoms with E-state index in [1.54, 1.807) is 26.0 Å². The van der Waals surface area contributed by atoms with Gasteiger partial charge >= 0.3 is 5.97 Å². The molecule has 0 saturated carbocycles. The number of benzene rings is 1. The van der Waals surface area contributed by atoms with Gasteiger partial charge in [-0.3, -0.25) is 0 Å². The van der Waals surface area contributed by atoms with Crippen LogP contribution >= 0.6 is 0 Å². The highest BCUT2D eigenvalue weighted by atomic mass is 32.2. The third kappa shape index (κ3) is 14.3. The number of hydrogen-bond acceptors (Lipinski definition) is 4. The summed E-state index contributed by atoms with van der Waals surface area (Å²) in [5, 5.41) is -0.754. The van der Waals surface area contributed by atoms with Crippen molar-refractivity contribution in [2.24, 2.45) is 0 Å². The first-order chi connectivity index (χ1) is 18.3. The maximum absolute atomic E-state index is 13.6. The van der Waals surface area contributed by atoms with Gasteiger partial charge in [0, 0.05) is 6.08 Å². The molecule has 0 heterocycles. The van der Waals surface area contributed by atoms with E-state index in [-0.39, 0.29) is 13.0 Å². The van der Waals surface area contributed by atoms with Crippen molar-refractivity contribution in [3.05, 3.63) is 88.1 Å². The molecule has 0 N–H and O–H groups in total. The SMILES string of the molecule is CCOC(=O)C=C(C)CC(C=C(C)CCC=C(C)CCC=C(C)CCC=C(C)C)S(=O)(=O)c1ccc(C)cc1. The lowest BCUT2D eigenvalue weighted by Gasteiger charge is -2.16. The maximum atomic E-state index is 13.6. The minimum atomic E-state index is -3.62. The van der Waals surface area contributed by atoms with Crippen LogP contribution in [0.1, 0.15) is 99.0 Å². The summed E-state index contributed by atoms with van der Waals surface area (Å²) >= 11 is 0. The first-order valence-corrected chi connectivity index (χ1v) is 15.7. The molecule has 0 amide bonds. The molecule has 1 atom stereocenters. The average molecular weight is 555 g/mol. The second-order valence-corrected chi connectivity index (χ2v) is 13.0. The third-order valence-corrected chi connectivity index (χ3v) is 8.58. The average Bonchev–Trinajstić information content (AvgIpc) is 2.83. The Morgan fingerprint density at radius 2 is 1.31 bits per heavy atom. The molecule has 1 aromatic rings. The topological polar surface area (TPSA) is 60.4 Å². The third-order valence-electron chi connectivity index (χ3n) is 6.55. The number of allylic oxidation sites excluding steroid dienone is 8. The Balaban J connectivity index is 2.92. The van der Waals surface area contributed by atoms with Crippen molar-refractivity contribution < 1.29 is 17.9 Å². The van der Waals surface area contributed by atoms with Crippen molar-refractivity contribution in [3.8, 4) is 0 Å². The van der Waals surface area contributed by atoms with Crippen molar-refractivity contribution in [2.45, 2.75) is 110 Å². The van der Waals surface area contributed by atoms with Gasteiger partial charge in [-0.15, -0.1) is 0 Å². The summed E-state index contributed by atoms with van der Waals surface area (Å²) in [4.78, 5) is 12.2. The molecule has 0 bridgehead atoms. The van der Waals surface area contributed by atoms with E-state index in [1.807, 2.05) is 32.1 Å². The van der Waals surface area contributed by atoms with Crippen LogP contribution in [0, 0.1) is 6.92 Å². The molecule has 39 heavy (non-hydrogen) atoms. The molecule has 0 aliphatic carbocycles. The molecule has 0 fully saturated rings. The monoisotopic (exact) mass is 554 g/mol. The Morgan fingerprint density at radius 1 is 0.795 bits per heavy atom. The number of esters is 1. The van der Waals surface area contributed by atoms with E-state index >= 15 is 0 Å². The quantitative estimate of drug-likeness (QED) is 0.116. The fourth-order valence-electron chi connectivity index (χ4n) is 4.21. The van der Waals surface area contributed by atoms with Gasteiger partial charge in [-0.05, 0) is 112 Å². The van der Waals surface area contributed by atoms with E-state index < -0.39 is 21.1 Å². The molecule has 5 heteroatoms. The van der Waals surface area contributed by atoms with Crippen molar-refractivity contribution >= 4 is 15.8 Å². The van der Waals surface area contributed by atoms with Gasteiger partial charge in [-0.1, -0.05) is 69.9 Å². The summed E-state index contributed by atoms with van der Waals surface area (Å²) in [7, 11) is -3.62. The normalized spacial score (nSPS) is 14.3. The minimum absolute atomic E-state index is 0.237. The van der Waals surface area contributed by atoms with Crippen LogP contribution in [0.3, 0.4) is 0 Å². The van der Waals surface area contributed by atoms with E-state index in [2.05, 4.69) is 45.9 Å². The summed E-state index contributed by atoms with van der Waals surface area (Å²) in [6, 6.07) is 6.95. The number of sulfone groups is 1. The van der Waals surface area contributed by atoms with Gasteiger partial charge in [0.25, 0.3) is 0 Å². The van der Waals surface area contributed by atoms with Crippen LogP contribution in [0.5, 0.6) is 0 Å². The van der Waals surface area contributed by atoms with Gasteiger partial charge in [0.1, 0.15) is 0 Å². The van der Waals surface area contributed by atoms with E-state index in [9.17, 15) is 13.2 Å². The summed E-state index contributed by atoms with van der Waals surface area (Å²) in [5.74, 6) is -0.444. The lowest BCUT2D eigenvalue weighted by molar-refractivity contribution is -0.137. The molecule has 0 saturated heterocycles. The standard InChI is InChI=1S/C34H50O4S/c1-9-38-34(35)25-31(8)24-33(39(36,37)32-21-19-29(6)20-22-32)23-30(7)18-12-17-28(5)16-11-15-27(4)14-10-13-26(2)3/h13,15,17,19-23,25,33H,9-12,14,16,18,24H2,1-8H3. The molecule has 0 aromatic heterocycles. The molecular formula is C34H50O4S. The van der Waals surface area contributed by atoms with Gasteiger partial charge in [-0.2, -0.15) is 0 Å². The molecule has 1 rings (SSSR count). The highest BCUT2D eigenvalue weighted by molar-refractivity contribution is 7.92. The van der Waals surface area contributed by atoms with E-state index in [4.69, 9.17) is 4.74 Å². The van der Waals surface area contributed by atoms with Crippen LogP contribution < -0.4 is 0 Å². The number of carbonyl (C=O) groups is 1. The van der Waals surface area contributed by atoms with Crippen LogP contribution in [0.2, 0.25) is 0 Å². The lowest BCUT2D eigenvalue weighted by Crippen LogP contribution is -2.21. The highest BCUT2D eigenvalue weighted by Gasteiger charge is 2.26. The van der Waals surface area contributed by atoms with Crippen LogP contribution in [0.15, 0.2) is 87.4 Å². The van der Waals surface area contributed by atoms with Gasteiger partial charge in [0.2, 0.25) is 0 Å². The fraction of sp³-hybridized carbons (Fsp3) is 0.500. The molecule has 0 aliphatic heterocycles. The highest BCUT2D eigenvalue weighted by Crippen LogP contribution is 2.25. The molecule has 216 valence electrons. The number of carbonyl (C=O) groups excluding carboxylic acids is 1. The number of ether oxygens (including phenoxy) is 1. The Bertz CT molecular complexity index is 1170. The van der Waals surface area contributed by atoms with E-state index in [0.29, 0.717) is 10.5 Å². The number of hydrogen-bond donors (Lipinski definition) is 0. The zero-order valence-electron chi connectivity index (χ0n) is 25.5. The van der Waals surface area contributed by atoms with Gasteiger partial charge < -0.3 is 4.74 Å². The van der Waals surface area contributed by atoms with Crippen molar-refractivity contribution in [1.29, 1.82) is 0 Å². The molecule has 1 unspecified atom stereocenters. The van der Waals surface area contributed by atoms with E-state index in [0.717, 1.165) is 49.7 Å². The van der Waals surface area contributed by atoms with E-state index in [1.165, 1.54) is 22.8 Å². The predicted molar refractivity (Wildman–Crippen MR) is 166 cm³/mol. The van der Waals surface area contributed by atoms with Crippen LogP contribution in [0.4, 0.5) is 0 Å². The van der Waals surface area contributed by atoms with Crippen molar-refractivity contribution in [3.63, 3.8) is 0 Å². The van der Waals surface area contributed by atoms with Crippen LogP contribution in [-0.2, 0) is 19.4 Å². The van der Waals surface area contributed by atoms with Gasteiger partial charge in [-0.25, -0.2) is 13.2 Å². The number of rotatable bonds is 16. The lowest BCUT2D eigenvalue weighted by atomic mass is 10.0. The second-order valence-electron chi connectivity index (χ2n) is 10.9. The van der Waals surface area contributed by atoms with Crippen molar-refractivity contribution in [2.75, 3.05) is 6.61 Å². The molecule has 4 nitrogen and oxygen atoms in total. The first-order valence-electron chi connectivity index (χ1n) is 14.1. The zero-order valence-corrected chi connectivity index (χ0v) is 26.3. The van der Waals surface area contributed by atoms with Gasteiger partial charge in [0.15, 0.2) is 9.84 Å². The Labute approximate surface area is 238 Å². The largest absolute Gasteiger partial charge is 0.463 e. The smallest absolute Gasteiger partial charge is 0.330 e. The zero-order chi connectivity index (χ0) is 29.4. The first kappa shape index (κ1) is 34.4. The van der Waals surface area contributed by atoms with Crippen LogP contribution in [0.25, 0.3) is 0 Å². The number of aryl methyl sites for hydroxylation is 1. The summed E-state index contributed by atoms with van der Waals surface area (Å²) in [5.41, 5.74) is 6.87. The fourth-order valence-corrected chi connectivity index (χ4v) is 5.97. The summed E-state index contributed by atoms with van der Waals surface area (Å²) in [6.45, 7) is 16.4. The molecule has 0 aliphatic rings. The van der Waals surface area contributed by atoms with Crippen molar-refractivity contribution in [1.82, 2.24) is 0 Å². The molecule has 0 spiro atoms. The predicted octanol–water partition coefficient (Wildman–Crippen LogP) is 9.18. The second kappa shape index (κ2) is 17.8. The van der Waals surface area contributed by atoms with Gasteiger partial charge in [0.05, 0.1) is 16.8 Å². The minimum Gasteiger partial charge on any atom is -0.463 e. The molecular weight excluding hydrogens is 504 g/mol. The molecule has 0 radical (unpaired) electrons. The Hall–Kier alpha value is -2.66. The maximum Gasteiger partial charge on any atom is 0.330 e. The summed E-state index contributed by atoms with van der Waals surface area (Å²) < 4.78 is 32.2. The Kier molecular flexibility index (Phi) is 15.7. The Morgan fingerprint density at radius 3 is 1.82 bits per heavy atom. The van der Waals surface area contributed by atoms with Crippen LogP contribution in [-0.4, -0.2) is 26.2 Å². The molecule has 1 aromatic carbocycles. The summed E-state index contributed by atoms with van der Waals surface area (Å²) in [6.07, 6.45) is 16.3.